The van der Waals surface area contributed by atoms with Crippen molar-refractivity contribution in [2.45, 2.75) is 38.1 Å². The molecule has 0 aliphatic carbocycles. The average molecular weight is 282 g/mol. The third-order valence-corrected chi connectivity index (χ3v) is 4.50. The fourth-order valence-corrected chi connectivity index (χ4v) is 3.29. The zero-order valence-corrected chi connectivity index (χ0v) is 12.0. The highest BCUT2D eigenvalue weighted by atomic mass is 32.1. The fourth-order valence-electron chi connectivity index (χ4n) is 2.58. The molecule has 1 aromatic rings. The predicted octanol–water partition coefficient (Wildman–Crippen LogP) is 2.24. The number of nitrogens with zero attached hydrogens (tertiary/aromatic N) is 1. The molecular formula is C14H22N2O2S. The highest BCUT2D eigenvalue weighted by molar-refractivity contribution is 7.09. The first-order chi connectivity index (χ1) is 9.31. The normalized spacial score (nSPS) is 18.8. The Balaban J connectivity index is 1.72. The molecule has 2 N–H and O–H groups in total. The number of hydrogen-bond donors (Lipinski definition) is 2. The van der Waals surface area contributed by atoms with E-state index in [1.165, 1.54) is 4.88 Å². The molecule has 2 heterocycles. The molecule has 4 nitrogen and oxygen atoms in total. The number of urea groups is 1. The Kier molecular flexibility index (Phi) is 5.66. The van der Waals surface area contributed by atoms with Gasteiger partial charge in [0.2, 0.25) is 0 Å². The standard InChI is InChI=1S/C14H22N2O2S/c17-10-2-5-12-4-1-9-16(12)14(18)15-8-7-13-6-3-11-19-13/h3,6,11-12,17H,1-2,4-5,7-10H2,(H,15,18)/t12-/m1/s1. The van der Waals surface area contributed by atoms with E-state index in [1.54, 1.807) is 11.3 Å². The summed E-state index contributed by atoms with van der Waals surface area (Å²) in [6.45, 7) is 1.76. The van der Waals surface area contributed by atoms with Crippen LogP contribution in [0.15, 0.2) is 17.5 Å². The molecule has 0 spiro atoms. The molecule has 1 atom stereocenters. The van der Waals surface area contributed by atoms with Gasteiger partial charge >= 0.3 is 6.03 Å². The molecule has 2 rings (SSSR count). The van der Waals surface area contributed by atoms with Crippen LogP contribution in [-0.4, -0.2) is 41.8 Å². The van der Waals surface area contributed by atoms with Crippen molar-refractivity contribution in [1.29, 1.82) is 0 Å². The highest BCUT2D eigenvalue weighted by Gasteiger charge is 2.27. The second-order valence-electron chi connectivity index (χ2n) is 4.92. The summed E-state index contributed by atoms with van der Waals surface area (Å²) < 4.78 is 0. The summed E-state index contributed by atoms with van der Waals surface area (Å²) in [5.41, 5.74) is 0. The fraction of sp³-hybridized carbons (Fsp3) is 0.643. The zero-order valence-electron chi connectivity index (χ0n) is 11.2. The third-order valence-electron chi connectivity index (χ3n) is 3.56. The first-order valence-electron chi connectivity index (χ1n) is 6.99. The van der Waals surface area contributed by atoms with Crippen LogP contribution in [0, 0.1) is 0 Å². The molecule has 1 aliphatic heterocycles. The van der Waals surface area contributed by atoms with Crippen LogP contribution in [0.3, 0.4) is 0 Å². The summed E-state index contributed by atoms with van der Waals surface area (Å²) in [5, 5.41) is 13.9. The number of rotatable bonds is 6. The number of thiophene rings is 1. The summed E-state index contributed by atoms with van der Waals surface area (Å²) >= 11 is 1.73. The molecule has 1 saturated heterocycles. The van der Waals surface area contributed by atoms with Gasteiger partial charge in [-0.2, -0.15) is 0 Å². The van der Waals surface area contributed by atoms with Gasteiger partial charge in [0.1, 0.15) is 0 Å². The minimum absolute atomic E-state index is 0.0528. The molecule has 5 heteroatoms. The Morgan fingerprint density at radius 3 is 3.21 bits per heavy atom. The Bertz CT molecular complexity index is 381. The number of likely N-dealkylation sites (tertiary alicyclic amines) is 1. The Morgan fingerprint density at radius 1 is 1.58 bits per heavy atom. The topological polar surface area (TPSA) is 52.6 Å². The Morgan fingerprint density at radius 2 is 2.47 bits per heavy atom. The Hall–Kier alpha value is -1.07. The van der Waals surface area contributed by atoms with Gasteiger partial charge in [-0.1, -0.05) is 6.07 Å². The van der Waals surface area contributed by atoms with Gasteiger partial charge in [-0.25, -0.2) is 4.79 Å². The van der Waals surface area contributed by atoms with Crippen molar-refractivity contribution in [2.75, 3.05) is 19.7 Å². The number of carbonyl (C=O) groups is 1. The molecule has 0 saturated carbocycles. The van der Waals surface area contributed by atoms with Gasteiger partial charge in [0.25, 0.3) is 0 Å². The monoisotopic (exact) mass is 282 g/mol. The van der Waals surface area contributed by atoms with Crippen molar-refractivity contribution >= 4 is 17.4 Å². The van der Waals surface area contributed by atoms with E-state index in [0.29, 0.717) is 12.6 Å². The van der Waals surface area contributed by atoms with Crippen LogP contribution in [0.4, 0.5) is 4.79 Å². The van der Waals surface area contributed by atoms with Gasteiger partial charge < -0.3 is 15.3 Å². The number of aliphatic hydroxyl groups excluding tert-OH is 1. The van der Waals surface area contributed by atoms with Crippen LogP contribution in [0.1, 0.15) is 30.6 Å². The van der Waals surface area contributed by atoms with Crippen LogP contribution >= 0.6 is 11.3 Å². The average Bonchev–Trinajstić information content (AvgIpc) is 3.07. The van der Waals surface area contributed by atoms with E-state index >= 15 is 0 Å². The molecule has 1 aromatic heterocycles. The molecular weight excluding hydrogens is 260 g/mol. The lowest BCUT2D eigenvalue weighted by atomic mass is 10.1. The highest BCUT2D eigenvalue weighted by Crippen LogP contribution is 2.21. The zero-order chi connectivity index (χ0) is 13.5. The van der Waals surface area contributed by atoms with E-state index in [1.807, 2.05) is 11.0 Å². The molecule has 2 amide bonds. The molecule has 19 heavy (non-hydrogen) atoms. The Labute approximate surface area is 118 Å². The van der Waals surface area contributed by atoms with Crippen LogP contribution in [0.25, 0.3) is 0 Å². The third kappa shape index (κ3) is 4.21. The maximum atomic E-state index is 12.1. The van der Waals surface area contributed by atoms with Gasteiger partial charge in [0, 0.05) is 30.6 Å². The van der Waals surface area contributed by atoms with Gasteiger partial charge in [-0.15, -0.1) is 11.3 Å². The second kappa shape index (κ2) is 7.50. The van der Waals surface area contributed by atoms with Crippen molar-refractivity contribution in [3.8, 4) is 0 Å². The largest absolute Gasteiger partial charge is 0.396 e. The minimum Gasteiger partial charge on any atom is -0.396 e. The smallest absolute Gasteiger partial charge is 0.317 e. The lowest BCUT2D eigenvalue weighted by Crippen LogP contribution is -2.43. The number of amides is 2. The van der Waals surface area contributed by atoms with Crippen molar-refractivity contribution in [3.05, 3.63) is 22.4 Å². The number of nitrogens with one attached hydrogen (secondary N) is 1. The van der Waals surface area contributed by atoms with Crippen LogP contribution in [0.5, 0.6) is 0 Å². The van der Waals surface area contributed by atoms with Crippen molar-refractivity contribution in [1.82, 2.24) is 10.2 Å². The van der Waals surface area contributed by atoms with E-state index in [0.717, 1.165) is 38.6 Å². The van der Waals surface area contributed by atoms with E-state index in [4.69, 9.17) is 5.11 Å². The van der Waals surface area contributed by atoms with Crippen molar-refractivity contribution in [3.63, 3.8) is 0 Å². The molecule has 1 fully saturated rings. The van der Waals surface area contributed by atoms with E-state index < -0.39 is 0 Å². The maximum absolute atomic E-state index is 12.1. The first-order valence-corrected chi connectivity index (χ1v) is 7.87. The van der Waals surface area contributed by atoms with Gasteiger partial charge in [0.05, 0.1) is 0 Å². The SMILES string of the molecule is O=C(NCCc1cccs1)N1CCC[C@@H]1CCCO. The molecule has 0 radical (unpaired) electrons. The van der Waals surface area contributed by atoms with Gasteiger partial charge in [0.15, 0.2) is 0 Å². The number of carbonyl (C=O) groups excluding carboxylic acids is 1. The molecule has 0 unspecified atom stereocenters. The van der Waals surface area contributed by atoms with E-state index in [-0.39, 0.29) is 12.6 Å². The van der Waals surface area contributed by atoms with Crippen LogP contribution in [0.2, 0.25) is 0 Å². The lowest BCUT2D eigenvalue weighted by Gasteiger charge is -2.24. The van der Waals surface area contributed by atoms with Crippen molar-refractivity contribution < 1.29 is 9.90 Å². The van der Waals surface area contributed by atoms with Crippen LogP contribution in [-0.2, 0) is 6.42 Å². The number of aliphatic hydroxyl groups is 1. The molecule has 0 aromatic carbocycles. The summed E-state index contributed by atoms with van der Waals surface area (Å²) in [7, 11) is 0. The second-order valence-corrected chi connectivity index (χ2v) is 5.95. The van der Waals surface area contributed by atoms with Gasteiger partial charge in [-0.3, -0.25) is 0 Å². The first kappa shape index (κ1) is 14.3. The van der Waals surface area contributed by atoms with Crippen LogP contribution < -0.4 is 5.32 Å². The van der Waals surface area contributed by atoms with E-state index in [9.17, 15) is 4.79 Å². The minimum atomic E-state index is 0.0528. The summed E-state index contributed by atoms with van der Waals surface area (Å²) in [6.07, 6.45) is 4.74. The van der Waals surface area contributed by atoms with Gasteiger partial charge in [-0.05, 0) is 43.6 Å². The number of hydrogen-bond acceptors (Lipinski definition) is 3. The summed E-state index contributed by atoms with van der Waals surface area (Å²) in [5.74, 6) is 0. The molecule has 1 aliphatic rings. The van der Waals surface area contributed by atoms with E-state index in [2.05, 4.69) is 16.8 Å². The summed E-state index contributed by atoms with van der Waals surface area (Å²) in [4.78, 5) is 15.3. The molecule has 0 bridgehead atoms. The molecule has 106 valence electrons. The summed E-state index contributed by atoms with van der Waals surface area (Å²) in [6, 6.07) is 4.50. The predicted molar refractivity (Wildman–Crippen MR) is 77.5 cm³/mol. The lowest BCUT2D eigenvalue weighted by molar-refractivity contribution is 0.185. The maximum Gasteiger partial charge on any atom is 0.317 e. The van der Waals surface area contributed by atoms with Crippen molar-refractivity contribution in [2.24, 2.45) is 0 Å². The quantitative estimate of drug-likeness (QED) is 0.840.